The van der Waals surface area contributed by atoms with E-state index in [1.54, 1.807) is 0 Å². The number of rotatable bonds is 3. The molecule has 0 bridgehead atoms. The summed E-state index contributed by atoms with van der Waals surface area (Å²) in [5, 5.41) is -0.208. The molecular weight excluding hydrogens is 208 g/mol. The normalized spacial score (nSPS) is 19.0. The summed E-state index contributed by atoms with van der Waals surface area (Å²) in [6.07, 6.45) is 5.08. The quantitative estimate of drug-likeness (QED) is 0.714. The Morgan fingerprint density at radius 1 is 1.20 bits per heavy atom. The topological polar surface area (TPSA) is 17.1 Å². The molecule has 0 aromatic heterocycles. The Balaban J connectivity index is 2.30. The molecule has 1 aliphatic rings. The van der Waals surface area contributed by atoms with Gasteiger partial charge in [-0.3, -0.25) is 4.79 Å². The van der Waals surface area contributed by atoms with Gasteiger partial charge in [-0.25, -0.2) is 0 Å². The van der Waals surface area contributed by atoms with Crippen molar-refractivity contribution in [2.75, 3.05) is 0 Å². The van der Waals surface area contributed by atoms with Crippen molar-refractivity contribution >= 4 is 16.8 Å². The summed E-state index contributed by atoms with van der Waals surface area (Å²) >= 11 is 5.56. The van der Waals surface area contributed by atoms with E-state index in [-0.39, 0.29) is 10.7 Å². The van der Waals surface area contributed by atoms with Crippen molar-refractivity contribution in [1.82, 2.24) is 0 Å². The van der Waals surface area contributed by atoms with Gasteiger partial charge >= 0.3 is 0 Å². The standard InChI is InChI=1S/C13H15ClO/c14-12(15)10-13(8-4-5-9-13)11-6-2-1-3-7-11/h1-3,6-7H,4-5,8-10H2. The minimum absolute atomic E-state index is 0.0279. The van der Waals surface area contributed by atoms with Crippen molar-refractivity contribution < 1.29 is 4.79 Å². The summed E-state index contributed by atoms with van der Waals surface area (Å²) in [7, 11) is 0. The number of halogens is 1. The predicted octanol–water partition coefficient (Wildman–Crippen LogP) is 3.65. The Labute approximate surface area is 95.4 Å². The van der Waals surface area contributed by atoms with Crippen LogP contribution in [0.5, 0.6) is 0 Å². The molecule has 15 heavy (non-hydrogen) atoms. The smallest absolute Gasteiger partial charge is 0.222 e. The molecule has 1 aromatic carbocycles. The number of hydrogen-bond acceptors (Lipinski definition) is 1. The lowest BCUT2D eigenvalue weighted by atomic mass is 9.76. The van der Waals surface area contributed by atoms with Gasteiger partial charge in [-0.05, 0) is 30.0 Å². The molecule has 1 fully saturated rings. The van der Waals surface area contributed by atoms with Crippen molar-refractivity contribution in [3.63, 3.8) is 0 Å². The highest BCUT2D eigenvalue weighted by atomic mass is 35.5. The lowest BCUT2D eigenvalue weighted by Crippen LogP contribution is -2.24. The van der Waals surface area contributed by atoms with Gasteiger partial charge < -0.3 is 0 Å². The van der Waals surface area contributed by atoms with Gasteiger partial charge in [0.15, 0.2) is 0 Å². The van der Waals surface area contributed by atoms with Gasteiger partial charge in [0, 0.05) is 11.8 Å². The summed E-state index contributed by atoms with van der Waals surface area (Å²) in [4.78, 5) is 11.1. The summed E-state index contributed by atoms with van der Waals surface area (Å²) < 4.78 is 0. The monoisotopic (exact) mass is 222 g/mol. The SMILES string of the molecule is O=C(Cl)CC1(c2ccccc2)CCCC1. The van der Waals surface area contributed by atoms with Crippen LogP contribution in [0.1, 0.15) is 37.7 Å². The molecule has 0 saturated heterocycles. The molecule has 1 nitrogen and oxygen atoms in total. The summed E-state index contributed by atoms with van der Waals surface area (Å²) in [5.41, 5.74) is 1.30. The largest absolute Gasteiger partial charge is 0.281 e. The van der Waals surface area contributed by atoms with Gasteiger partial charge in [0.1, 0.15) is 0 Å². The second-order valence-corrected chi connectivity index (χ2v) is 4.81. The minimum Gasteiger partial charge on any atom is -0.281 e. The number of carbonyl (C=O) groups excluding carboxylic acids is 1. The van der Waals surface area contributed by atoms with Gasteiger partial charge in [0.25, 0.3) is 0 Å². The molecule has 2 rings (SSSR count). The molecular formula is C13H15ClO. The molecule has 0 aliphatic heterocycles. The first-order valence-corrected chi connectivity index (χ1v) is 5.85. The van der Waals surface area contributed by atoms with E-state index in [9.17, 15) is 4.79 Å². The molecule has 0 unspecified atom stereocenters. The Bertz CT molecular complexity index is 339. The van der Waals surface area contributed by atoms with Crippen LogP contribution in [0.25, 0.3) is 0 Å². The maximum absolute atomic E-state index is 11.1. The third-order valence-electron chi connectivity index (χ3n) is 3.42. The van der Waals surface area contributed by atoms with Crippen LogP contribution in [-0.2, 0) is 10.2 Å². The molecule has 1 aromatic rings. The van der Waals surface area contributed by atoms with E-state index in [2.05, 4.69) is 12.1 Å². The first-order chi connectivity index (χ1) is 7.23. The fourth-order valence-corrected chi connectivity index (χ4v) is 2.93. The van der Waals surface area contributed by atoms with Gasteiger partial charge in [-0.2, -0.15) is 0 Å². The van der Waals surface area contributed by atoms with Crippen molar-refractivity contribution in [3.8, 4) is 0 Å². The number of carbonyl (C=O) groups is 1. The Morgan fingerprint density at radius 3 is 2.33 bits per heavy atom. The highest BCUT2D eigenvalue weighted by Crippen LogP contribution is 2.44. The molecule has 0 heterocycles. The lowest BCUT2D eigenvalue weighted by molar-refractivity contribution is -0.112. The highest BCUT2D eigenvalue weighted by molar-refractivity contribution is 6.63. The van der Waals surface area contributed by atoms with Crippen LogP contribution >= 0.6 is 11.6 Å². The zero-order valence-electron chi connectivity index (χ0n) is 8.71. The van der Waals surface area contributed by atoms with E-state index in [0.717, 1.165) is 12.8 Å². The van der Waals surface area contributed by atoms with Crippen molar-refractivity contribution in [3.05, 3.63) is 35.9 Å². The van der Waals surface area contributed by atoms with Gasteiger partial charge in [0.2, 0.25) is 5.24 Å². The van der Waals surface area contributed by atoms with E-state index in [1.807, 2.05) is 18.2 Å². The van der Waals surface area contributed by atoms with E-state index < -0.39 is 0 Å². The minimum atomic E-state index is -0.208. The predicted molar refractivity (Wildman–Crippen MR) is 62.1 cm³/mol. The summed E-state index contributed by atoms with van der Waals surface area (Å²) in [6.45, 7) is 0. The number of benzene rings is 1. The van der Waals surface area contributed by atoms with Crippen LogP contribution in [0.3, 0.4) is 0 Å². The molecule has 0 spiro atoms. The third kappa shape index (κ3) is 2.23. The molecule has 0 atom stereocenters. The van der Waals surface area contributed by atoms with Gasteiger partial charge in [0.05, 0.1) is 0 Å². The van der Waals surface area contributed by atoms with E-state index in [0.29, 0.717) is 6.42 Å². The maximum Gasteiger partial charge on any atom is 0.222 e. The first-order valence-electron chi connectivity index (χ1n) is 5.47. The maximum atomic E-state index is 11.1. The molecule has 0 amide bonds. The van der Waals surface area contributed by atoms with Crippen molar-refractivity contribution in [2.45, 2.75) is 37.5 Å². The second-order valence-electron chi connectivity index (χ2n) is 4.39. The molecule has 0 radical (unpaired) electrons. The zero-order chi connectivity index (χ0) is 10.7. The molecule has 80 valence electrons. The molecule has 1 aliphatic carbocycles. The molecule has 1 saturated carbocycles. The molecule has 2 heteroatoms. The Kier molecular flexibility index (Phi) is 3.11. The zero-order valence-corrected chi connectivity index (χ0v) is 9.46. The second kappa shape index (κ2) is 4.36. The summed E-state index contributed by atoms with van der Waals surface area (Å²) in [5.74, 6) is 0. The van der Waals surface area contributed by atoms with Gasteiger partial charge in [-0.15, -0.1) is 0 Å². The first kappa shape index (κ1) is 10.7. The van der Waals surface area contributed by atoms with E-state index >= 15 is 0 Å². The van der Waals surface area contributed by atoms with Gasteiger partial charge in [-0.1, -0.05) is 43.2 Å². The number of hydrogen-bond donors (Lipinski definition) is 0. The Morgan fingerprint density at radius 2 is 1.80 bits per heavy atom. The van der Waals surface area contributed by atoms with Crippen LogP contribution in [0.2, 0.25) is 0 Å². The lowest BCUT2D eigenvalue weighted by Gasteiger charge is -2.27. The third-order valence-corrected chi connectivity index (χ3v) is 3.56. The van der Waals surface area contributed by atoms with Crippen molar-refractivity contribution in [2.24, 2.45) is 0 Å². The average Bonchev–Trinajstić information content (AvgIpc) is 2.68. The van der Waals surface area contributed by atoms with Crippen LogP contribution in [0.15, 0.2) is 30.3 Å². The van der Waals surface area contributed by atoms with Crippen molar-refractivity contribution in [1.29, 1.82) is 0 Å². The Hall–Kier alpha value is -0.820. The fourth-order valence-electron chi connectivity index (χ4n) is 2.68. The van der Waals surface area contributed by atoms with E-state index in [1.165, 1.54) is 18.4 Å². The van der Waals surface area contributed by atoms with Crippen LogP contribution in [-0.4, -0.2) is 5.24 Å². The highest BCUT2D eigenvalue weighted by Gasteiger charge is 2.36. The van der Waals surface area contributed by atoms with Crippen LogP contribution < -0.4 is 0 Å². The van der Waals surface area contributed by atoms with Crippen LogP contribution in [0, 0.1) is 0 Å². The fraction of sp³-hybridized carbons (Fsp3) is 0.462. The average molecular weight is 223 g/mol. The summed E-state index contributed by atoms with van der Waals surface area (Å²) in [6, 6.07) is 10.3. The molecule has 0 N–H and O–H groups in total. The van der Waals surface area contributed by atoms with E-state index in [4.69, 9.17) is 11.6 Å². The van der Waals surface area contributed by atoms with Crippen LogP contribution in [0.4, 0.5) is 0 Å².